The number of methoxy groups -OCH3 is 1. The summed E-state index contributed by atoms with van der Waals surface area (Å²) in [7, 11) is 1.29. The second-order valence-electron chi connectivity index (χ2n) is 3.97. The first-order chi connectivity index (χ1) is 7.52. The highest BCUT2D eigenvalue weighted by atomic mass is 16.6. The van der Waals surface area contributed by atoms with Gasteiger partial charge in [-0.15, -0.1) is 0 Å². The molecule has 0 spiro atoms. The highest BCUT2D eigenvalue weighted by Gasteiger charge is 2.24. The molecule has 5 heteroatoms. The van der Waals surface area contributed by atoms with E-state index in [9.17, 15) is 9.59 Å². The van der Waals surface area contributed by atoms with Crippen LogP contribution in [0.4, 0.5) is 0 Å². The Labute approximate surface area is 95.8 Å². The zero-order chi connectivity index (χ0) is 12.6. The third kappa shape index (κ3) is 5.66. The maximum absolute atomic E-state index is 11.4. The lowest BCUT2D eigenvalue weighted by atomic mass is 10.0. The minimum atomic E-state index is -0.690. The molecule has 2 unspecified atom stereocenters. The van der Waals surface area contributed by atoms with Gasteiger partial charge in [-0.25, -0.2) is 4.79 Å². The topological polar surface area (TPSA) is 64.6 Å². The van der Waals surface area contributed by atoms with Crippen LogP contribution < -0.4 is 5.48 Å². The number of carbonyl (C=O) groups excluding carboxylic acids is 2. The first-order valence-electron chi connectivity index (χ1n) is 5.19. The number of hydrogen-bond acceptors (Lipinski definition) is 5. The summed E-state index contributed by atoms with van der Waals surface area (Å²) in [6.45, 7) is 6.16. The van der Waals surface area contributed by atoms with Gasteiger partial charge in [-0.1, -0.05) is 20.8 Å². The van der Waals surface area contributed by atoms with Gasteiger partial charge in [0, 0.05) is 12.0 Å². The summed E-state index contributed by atoms with van der Waals surface area (Å²) < 4.78 is 4.61. The van der Waals surface area contributed by atoms with Gasteiger partial charge in [0.25, 0.3) is 0 Å². The first-order valence-corrected chi connectivity index (χ1v) is 5.19. The van der Waals surface area contributed by atoms with Crippen molar-refractivity contribution in [3.8, 4) is 0 Å². The van der Waals surface area contributed by atoms with Crippen LogP contribution in [0.2, 0.25) is 0 Å². The Balaban J connectivity index is 4.32. The predicted molar refractivity (Wildman–Crippen MR) is 59.2 cm³/mol. The van der Waals surface area contributed by atoms with Crippen LogP contribution in [0.5, 0.6) is 0 Å². The summed E-state index contributed by atoms with van der Waals surface area (Å²) >= 11 is 0. The first kappa shape index (κ1) is 14.8. The SMILES string of the molecule is COC(=O)C(NOCC(C)C)C(C)C=C=O. The van der Waals surface area contributed by atoms with Gasteiger partial charge in [-0.2, -0.15) is 5.48 Å². The number of esters is 1. The quantitative estimate of drug-likeness (QED) is 0.396. The van der Waals surface area contributed by atoms with E-state index in [1.807, 2.05) is 13.8 Å². The van der Waals surface area contributed by atoms with E-state index >= 15 is 0 Å². The Morgan fingerprint density at radius 2 is 2.06 bits per heavy atom. The lowest BCUT2D eigenvalue weighted by Crippen LogP contribution is -2.42. The van der Waals surface area contributed by atoms with Crippen molar-refractivity contribution in [3.05, 3.63) is 6.08 Å². The second-order valence-corrected chi connectivity index (χ2v) is 3.97. The maximum Gasteiger partial charge on any atom is 0.325 e. The second kappa shape index (κ2) is 8.05. The molecule has 92 valence electrons. The largest absolute Gasteiger partial charge is 0.468 e. The lowest BCUT2D eigenvalue weighted by Gasteiger charge is -2.19. The number of rotatable bonds is 7. The van der Waals surface area contributed by atoms with E-state index in [4.69, 9.17) is 4.84 Å². The van der Waals surface area contributed by atoms with Crippen LogP contribution >= 0.6 is 0 Å². The van der Waals surface area contributed by atoms with Crippen LogP contribution in [0.25, 0.3) is 0 Å². The Morgan fingerprint density at radius 1 is 1.44 bits per heavy atom. The molecule has 0 aliphatic rings. The molecule has 0 aromatic heterocycles. The minimum absolute atomic E-state index is 0.336. The molecule has 16 heavy (non-hydrogen) atoms. The summed E-state index contributed by atoms with van der Waals surface area (Å²) in [4.78, 5) is 26.7. The Kier molecular flexibility index (Phi) is 7.46. The van der Waals surface area contributed by atoms with Crippen LogP contribution in [0.15, 0.2) is 6.08 Å². The van der Waals surface area contributed by atoms with Crippen molar-refractivity contribution in [2.75, 3.05) is 13.7 Å². The number of carbonyl (C=O) groups is 1. The smallest absolute Gasteiger partial charge is 0.325 e. The molecule has 2 atom stereocenters. The lowest BCUT2D eigenvalue weighted by molar-refractivity contribution is -0.149. The fourth-order valence-corrected chi connectivity index (χ4v) is 1.01. The van der Waals surface area contributed by atoms with E-state index in [0.717, 1.165) is 0 Å². The molecule has 0 aliphatic heterocycles. The minimum Gasteiger partial charge on any atom is -0.468 e. The van der Waals surface area contributed by atoms with Gasteiger partial charge in [-0.05, 0) is 5.92 Å². The van der Waals surface area contributed by atoms with Crippen molar-refractivity contribution in [3.63, 3.8) is 0 Å². The molecule has 0 bridgehead atoms. The van der Waals surface area contributed by atoms with Crippen molar-refractivity contribution in [2.24, 2.45) is 11.8 Å². The molecule has 0 saturated carbocycles. The zero-order valence-electron chi connectivity index (χ0n) is 10.1. The van der Waals surface area contributed by atoms with E-state index < -0.39 is 12.0 Å². The predicted octanol–water partition coefficient (Wildman–Crippen LogP) is 0.729. The number of ether oxygens (including phenoxy) is 1. The van der Waals surface area contributed by atoms with Gasteiger partial charge in [0.2, 0.25) is 0 Å². The molecule has 0 aromatic rings. The molecule has 0 rings (SSSR count). The van der Waals surface area contributed by atoms with Crippen LogP contribution in [-0.2, 0) is 19.2 Å². The Morgan fingerprint density at radius 3 is 2.50 bits per heavy atom. The summed E-state index contributed by atoms with van der Waals surface area (Å²) in [6, 6.07) is -0.690. The normalized spacial score (nSPS) is 14.1. The van der Waals surface area contributed by atoms with Crippen molar-refractivity contribution >= 4 is 11.9 Å². The third-order valence-electron chi connectivity index (χ3n) is 1.94. The van der Waals surface area contributed by atoms with Gasteiger partial charge < -0.3 is 9.57 Å². The number of hydrogen-bond donors (Lipinski definition) is 1. The Hall–Kier alpha value is -1.16. The monoisotopic (exact) mass is 229 g/mol. The van der Waals surface area contributed by atoms with Crippen LogP contribution in [0.3, 0.4) is 0 Å². The van der Waals surface area contributed by atoms with Crippen molar-refractivity contribution in [1.82, 2.24) is 5.48 Å². The molecule has 1 N–H and O–H groups in total. The van der Waals surface area contributed by atoms with E-state index in [2.05, 4.69) is 10.2 Å². The molecule has 0 radical (unpaired) electrons. The molecular formula is C11H19NO4. The molecule has 5 nitrogen and oxygen atoms in total. The van der Waals surface area contributed by atoms with Crippen molar-refractivity contribution < 1.29 is 19.2 Å². The summed E-state index contributed by atoms with van der Waals surface area (Å²) in [5.74, 6) is 1.19. The van der Waals surface area contributed by atoms with Gasteiger partial charge in [0.05, 0.1) is 13.7 Å². The van der Waals surface area contributed by atoms with E-state index in [0.29, 0.717) is 12.5 Å². The van der Waals surface area contributed by atoms with Gasteiger partial charge >= 0.3 is 5.97 Å². The van der Waals surface area contributed by atoms with Gasteiger partial charge in [0.15, 0.2) is 0 Å². The molecular weight excluding hydrogens is 210 g/mol. The highest BCUT2D eigenvalue weighted by Crippen LogP contribution is 2.06. The highest BCUT2D eigenvalue weighted by molar-refractivity contribution is 5.76. The molecule has 0 aromatic carbocycles. The fourth-order valence-electron chi connectivity index (χ4n) is 1.01. The summed E-state index contributed by atoms with van der Waals surface area (Å²) in [5, 5.41) is 0. The van der Waals surface area contributed by atoms with E-state index in [1.54, 1.807) is 12.9 Å². The zero-order valence-corrected chi connectivity index (χ0v) is 10.1. The molecule has 0 amide bonds. The maximum atomic E-state index is 11.4. The van der Waals surface area contributed by atoms with Gasteiger partial charge in [0.1, 0.15) is 12.0 Å². The summed E-state index contributed by atoms with van der Waals surface area (Å²) in [6.07, 6.45) is 1.26. The van der Waals surface area contributed by atoms with Crippen molar-refractivity contribution in [1.29, 1.82) is 0 Å². The van der Waals surface area contributed by atoms with Crippen LogP contribution in [0.1, 0.15) is 20.8 Å². The molecule has 0 saturated heterocycles. The molecule has 0 fully saturated rings. The van der Waals surface area contributed by atoms with Crippen molar-refractivity contribution in [2.45, 2.75) is 26.8 Å². The molecule has 0 aliphatic carbocycles. The standard InChI is InChI=1S/C11H19NO4/c1-8(2)7-16-12-10(11(14)15-4)9(3)5-6-13/h5,8-10,12H,7H2,1-4H3. The average Bonchev–Trinajstić information content (AvgIpc) is 2.23. The molecule has 0 heterocycles. The summed E-state index contributed by atoms with van der Waals surface area (Å²) in [5.41, 5.74) is 2.60. The third-order valence-corrected chi connectivity index (χ3v) is 1.94. The van der Waals surface area contributed by atoms with Crippen LogP contribution in [-0.4, -0.2) is 31.7 Å². The average molecular weight is 229 g/mol. The van der Waals surface area contributed by atoms with Crippen LogP contribution in [0, 0.1) is 11.8 Å². The number of nitrogens with one attached hydrogen (secondary N) is 1. The van der Waals surface area contributed by atoms with E-state index in [-0.39, 0.29) is 5.92 Å². The van der Waals surface area contributed by atoms with Gasteiger partial charge in [-0.3, -0.25) is 4.79 Å². The fraction of sp³-hybridized carbons (Fsp3) is 0.727. The number of hydroxylamine groups is 1. The van der Waals surface area contributed by atoms with E-state index in [1.165, 1.54) is 13.2 Å². The Bertz CT molecular complexity index is 259.